The monoisotopic (exact) mass is 674 g/mol. The first kappa shape index (κ1) is 32.0. The minimum Gasteiger partial charge on any atom is -0.444 e. The molecule has 12 heteroatoms. The van der Waals surface area contributed by atoms with Crippen molar-refractivity contribution in [2.24, 2.45) is 5.92 Å². The first-order valence-electron chi connectivity index (χ1n) is 13.7. The Kier molecular flexibility index (Phi) is 10.4. The van der Waals surface area contributed by atoms with Gasteiger partial charge < -0.3 is 15.0 Å². The molecule has 42 heavy (non-hydrogen) atoms. The van der Waals surface area contributed by atoms with Crippen molar-refractivity contribution < 1.29 is 14.3 Å². The molecule has 9 nitrogen and oxygen atoms in total. The number of hydrogen-bond acceptors (Lipinski definition) is 8. The zero-order valence-electron chi connectivity index (χ0n) is 24.4. The second kappa shape index (κ2) is 13.6. The van der Waals surface area contributed by atoms with Crippen molar-refractivity contribution in [3.8, 4) is 0 Å². The fraction of sp³-hybridized carbons (Fsp3) is 0.433. The van der Waals surface area contributed by atoms with E-state index in [1.54, 1.807) is 18.3 Å². The number of rotatable bonds is 9. The Morgan fingerprint density at radius 2 is 1.95 bits per heavy atom. The van der Waals surface area contributed by atoms with Gasteiger partial charge in [0, 0.05) is 30.2 Å². The van der Waals surface area contributed by atoms with Crippen LogP contribution in [0.5, 0.6) is 0 Å². The van der Waals surface area contributed by atoms with Crippen molar-refractivity contribution in [2.75, 3.05) is 11.9 Å². The van der Waals surface area contributed by atoms with E-state index in [9.17, 15) is 9.59 Å². The molecule has 0 saturated carbocycles. The Hall–Kier alpha value is -2.89. The minimum absolute atomic E-state index is 0.0973. The molecule has 2 amide bonds. The van der Waals surface area contributed by atoms with Crippen molar-refractivity contribution in [3.63, 3.8) is 0 Å². The standard InChI is InChI=1S/C30H36BrClN6O3S/c1-29(2,3)41-28(40)38-18-19(17-30(38,4)5)12-14-22(21-9-6-7-16-33-21)34-24-10-8-11-25(36-24)42-37-27(39)20-13-15-23(31)35-26(20)32/h6-11,13,15-16,19,22H,12,14,17-18H2,1-5H3,(H,34,36)(H,37,39). The molecular weight excluding hydrogens is 640 g/mol. The summed E-state index contributed by atoms with van der Waals surface area (Å²) in [5.41, 5.74) is 0.363. The molecule has 1 fully saturated rings. The average Bonchev–Trinajstić information content (AvgIpc) is 3.23. The molecule has 0 aliphatic carbocycles. The summed E-state index contributed by atoms with van der Waals surface area (Å²) in [5, 5.41) is 4.26. The zero-order chi connectivity index (χ0) is 30.5. The van der Waals surface area contributed by atoms with Crippen molar-refractivity contribution in [1.29, 1.82) is 0 Å². The number of amides is 2. The molecule has 224 valence electrons. The van der Waals surface area contributed by atoms with Gasteiger partial charge in [0.1, 0.15) is 26.2 Å². The van der Waals surface area contributed by atoms with Gasteiger partial charge in [-0.3, -0.25) is 14.5 Å². The summed E-state index contributed by atoms with van der Waals surface area (Å²) in [6.45, 7) is 10.5. The summed E-state index contributed by atoms with van der Waals surface area (Å²) >= 11 is 10.5. The second-order valence-corrected chi connectivity index (χ2v) is 13.9. The SMILES string of the molecule is CC(C)(C)OC(=O)N1CC(CCC(Nc2cccc(SNC(=O)c3ccc(Br)nc3Cl)n2)c2ccccn2)CC1(C)C. The lowest BCUT2D eigenvalue weighted by Crippen LogP contribution is -2.45. The van der Waals surface area contributed by atoms with Gasteiger partial charge in [-0.2, -0.15) is 0 Å². The summed E-state index contributed by atoms with van der Waals surface area (Å²) in [4.78, 5) is 40.7. The average molecular weight is 676 g/mol. The number of nitrogens with zero attached hydrogens (tertiary/aromatic N) is 4. The van der Waals surface area contributed by atoms with Gasteiger partial charge in [0.2, 0.25) is 0 Å². The highest BCUT2D eigenvalue weighted by Gasteiger charge is 2.42. The highest BCUT2D eigenvalue weighted by Crippen LogP contribution is 2.37. The molecule has 1 aliphatic heterocycles. The van der Waals surface area contributed by atoms with E-state index in [2.05, 4.69) is 49.8 Å². The highest BCUT2D eigenvalue weighted by atomic mass is 79.9. The topological polar surface area (TPSA) is 109 Å². The molecule has 4 rings (SSSR count). The van der Waals surface area contributed by atoms with Crippen LogP contribution < -0.4 is 10.0 Å². The molecule has 0 spiro atoms. The van der Waals surface area contributed by atoms with Gasteiger partial charge in [-0.15, -0.1) is 0 Å². The largest absolute Gasteiger partial charge is 0.444 e. The third-order valence-electron chi connectivity index (χ3n) is 6.84. The number of halogens is 2. The third-order valence-corrected chi connectivity index (χ3v) is 8.29. The molecular formula is C30H36BrClN6O3S. The number of carbonyl (C=O) groups is 2. The van der Waals surface area contributed by atoms with Crippen LogP contribution in [0.15, 0.2) is 64.4 Å². The maximum Gasteiger partial charge on any atom is 0.410 e. The molecule has 0 radical (unpaired) electrons. The highest BCUT2D eigenvalue weighted by molar-refractivity contribution is 9.10. The first-order chi connectivity index (χ1) is 19.8. The second-order valence-electron chi connectivity index (χ2n) is 11.9. The lowest BCUT2D eigenvalue weighted by molar-refractivity contribution is 0.0130. The summed E-state index contributed by atoms with van der Waals surface area (Å²) in [6.07, 6.45) is 4.10. The Morgan fingerprint density at radius 1 is 1.17 bits per heavy atom. The summed E-state index contributed by atoms with van der Waals surface area (Å²) < 4.78 is 9.01. The van der Waals surface area contributed by atoms with E-state index in [4.69, 9.17) is 21.3 Å². The Balaban J connectivity index is 1.41. The van der Waals surface area contributed by atoms with E-state index in [0.29, 0.717) is 27.9 Å². The number of ether oxygens (including phenoxy) is 1. The minimum atomic E-state index is -0.537. The normalized spacial score (nSPS) is 17.0. The van der Waals surface area contributed by atoms with E-state index < -0.39 is 5.60 Å². The summed E-state index contributed by atoms with van der Waals surface area (Å²) in [5.74, 6) is 0.623. The van der Waals surface area contributed by atoms with Gasteiger partial charge in [-0.1, -0.05) is 23.7 Å². The van der Waals surface area contributed by atoms with Gasteiger partial charge in [-0.05, 0) is 112 Å². The smallest absolute Gasteiger partial charge is 0.410 e. The molecule has 2 unspecified atom stereocenters. The maximum atomic E-state index is 12.9. The Labute approximate surface area is 264 Å². The number of carbonyl (C=O) groups excluding carboxylic acids is 2. The van der Waals surface area contributed by atoms with Crippen LogP contribution >= 0.6 is 39.5 Å². The lowest BCUT2D eigenvalue weighted by atomic mass is 9.91. The fourth-order valence-electron chi connectivity index (χ4n) is 4.96. The molecule has 3 aromatic heterocycles. The quantitative estimate of drug-likeness (QED) is 0.176. The van der Waals surface area contributed by atoms with E-state index >= 15 is 0 Å². The van der Waals surface area contributed by atoms with Gasteiger partial charge >= 0.3 is 6.09 Å². The van der Waals surface area contributed by atoms with Gasteiger partial charge in [0.15, 0.2) is 0 Å². The van der Waals surface area contributed by atoms with Crippen LogP contribution in [0.1, 0.15) is 76.0 Å². The van der Waals surface area contributed by atoms with E-state index in [1.165, 1.54) is 0 Å². The number of anilines is 1. The lowest BCUT2D eigenvalue weighted by Gasteiger charge is -2.33. The van der Waals surface area contributed by atoms with Crippen molar-refractivity contribution >= 4 is 57.3 Å². The Morgan fingerprint density at radius 3 is 2.64 bits per heavy atom. The number of hydrogen-bond donors (Lipinski definition) is 2. The van der Waals surface area contributed by atoms with Gasteiger partial charge in [0.05, 0.1) is 17.3 Å². The van der Waals surface area contributed by atoms with Crippen LogP contribution in [-0.2, 0) is 4.74 Å². The zero-order valence-corrected chi connectivity index (χ0v) is 27.5. The van der Waals surface area contributed by atoms with Crippen LogP contribution in [0, 0.1) is 5.92 Å². The molecule has 0 aromatic carbocycles. The number of likely N-dealkylation sites (tertiary alicyclic amines) is 1. The molecule has 2 atom stereocenters. The summed E-state index contributed by atoms with van der Waals surface area (Å²) in [6, 6.07) is 14.6. The van der Waals surface area contributed by atoms with Crippen molar-refractivity contribution in [1.82, 2.24) is 24.6 Å². The van der Waals surface area contributed by atoms with Crippen LogP contribution in [-0.4, -0.2) is 49.5 Å². The van der Waals surface area contributed by atoms with Crippen LogP contribution in [0.3, 0.4) is 0 Å². The molecule has 1 saturated heterocycles. The molecule has 4 heterocycles. The maximum absolute atomic E-state index is 12.9. The molecule has 1 aliphatic rings. The van der Waals surface area contributed by atoms with Gasteiger partial charge in [0.25, 0.3) is 5.91 Å². The fourth-order valence-corrected chi connectivity index (χ4v) is 6.21. The van der Waals surface area contributed by atoms with E-state index in [1.807, 2.05) is 62.1 Å². The summed E-state index contributed by atoms with van der Waals surface area (Å²) in [7, 11) is 0. The molecule has 3 aromatic rings. The first-order valence-corrected chi connectivity index (χ1v) is 15.7. The third kappa shape index (κ3) is 8.81. The van der Waals surface area contributed by atoms with E-state index in [0.717, 1.165) is 36.9 Å². The van der Waals surface area contributed by atoms with Crippen LogP contribution in [0.2, 0.25) is 5.15 Å². The molecule has 0 bridgehead atoms. The Bertz CT molecular complexity index is 1410. The predicted molar refractivity (Wildman–Crippen MR) is 169 cm³/mol. The van der Waals surface area contributed by atoms with Crippen molar-refractivity contribution in [2.45, 2.75) is 76.1 Å². The predicted octanol–water partition coefficient (Wildman–Crippen LogP) is 7.69. The van der Waals surface area contributed by atoms with Crippen molar-refractivity contribution in [3.05, 3.63) is 75.7 Å². The van der Waals surface area contributed by atoms with E-state index in [-0.39, 0.29) is 34.3 Å². The van der Waals surface area contributed by atoms with Crippen LogP contribution in [0.25, 0.3) is 0 Å². The number of pyridine rings is 3. The van der Waals surface area contributed by atoms with Crippen LogP contribution in [0.4, 0.5) is 10.6 Å². The number of aromatic nitrogens is 3. The number of nitrogens with one attached hydrogen (secondary N) is 2. The molecule has 2 N–H and O–H groups in total. The van der Waals surface area contributed by atoms with Gasteiger partial charge in [-0.25, -0.2) is 14.8 Å².